The molecule has 3 rings (SSSR count). The van der Waals surface area contributed by atoms with Gasteiger partial charge in [0.15, 0.2) is 12.4 Å². The third kappa shape index (κ3) is 6.05. The third-order valence-electron chi connectivity index (χ3n) is 4.29. The summed E-state index contributed by atoms with van der Waals surface area (Å²) in [7, 11) is 1.73. The molecule has 0 unspecified atom stereocenters. The quantitative estimate of drug-likeness (QED) is 0.553. The van der Waals surface area contributed by atoms with E-state index >= 15 is 0 Å². The van der Waals surface area contributed by atoms with Gasteiger partial charge in [0, 0.05) is 30.2 Å². The summed E-state index contributed by atoms with van der Waals surface area (Å²) in [5.41, 5.74) is 2.92. The Hall–Kier alpha value is -2.87. The smallest absolute Gasteiger partial charge is 0.321 e. The number of halogens is 1. The van der Waals surface area contributed by atoms with Gasteiger partial charge in [-0.3, -0.25) is 0 Å². The average Bonchev–Trinajstić information content (AvgIpc) is 3.15. The van der Waals surface area contributed by atoms with E-state index in [1.165, 1.54) is 0 Å². The lowest BCUT2D eigenvalue weighted by Crippen LogP contribution is -2.33. The summed E-state index contributed by atoms with van der Waals surface area (Å²) in [6.45, 7) is 4.64. The van der Waals surface area contributed by atoms with Crippen molar-refractivity contribution in [3.8, 4) is 5.75 Å². The zero-order valence-electron chi connectivity index (χ0n) is 16.6. The summed E-state index contributed by atoms with van der Waals surface area (Å²) < 4.78 is 11.9. The molecule has 7 nitrogen and oxygen atoms in total. The van der Waals surface area contributed by atoms with Crippen molar-refractivity contribution < 1.29 is 14.1 Å². The Morgan fingerprint density at radius 3 is 2.83 bits per heavy atom. The number of nitrogens with zero attached hydrogens (tertiary/aromatic N) is 3. The summed E-state index contributed by atoms with van der Waals surface area (Å²) in [4.78, 5) is 18.2. The molecule has 0 spiro atoms. The lowest BCUT2D eigenvalue weighted by atomic mass is 10.2. The van der Waals surface area contributed by atoms with E-state index < -0.39 is 0 Å². The number of aromatic nitrogens is 2. The van der Waals surface area contributed by atoms with E-state index in [1.54, 1.807) is 11.9 Å². The normalized spacial score (nSPS) is 10.6. The minimum Gasteiger partial charge on any atom is -0.484 e. The lowest BCUT2D eigenvalue weighted by molar-refractivity contribution is 0.222. The Bertz CT molecular complexity index is 990. The van der Waals surface area contributed by atoms with Crippen LogP contribution in [0.1, 0.15) is 22.8 Å². The summed E-state index contributed by atoms with van der Waals surface area (Å²) in [5, 5.41) is 6.83. The first-order valence-corrected chi connectivity index (χ1v) is 9.99. The number of rotatable bonds is 7. The molecule has 0 saturated carbocycles. The highest BCUT2D eigenvalue weighted by Crippen LogP contribution is 2.20. The number of hydrogen-bond acceptors (Lipinski definition) is 5. The summed E-state index contributed by atoms with van der Waals surface area (Å²) in [6.07, 6.45) is 0.483. The van der Waals surface area contributed by atoms with Gasteiger partial charge in [-0.2, -0.15) is 4.98 Å². The van der Waals surface area contributed by atoms with Crippen molar-refractivity contribution in [2.24, 2.45) is 0 Å². The van der Waals surface area contributed by atoms with Crippen molar-refractivity contribution in [2.75, 3.05) is 18.9 Å². The molecular weight excluding hydrogens is 436 g/mol. The fourth-order valence-corrected chi connectivity index (χ4v) is 2.86. The van der Waals surface area contributed by atoms with Gasteiger partial charge in [-0.05, 0) is 55.3 Å². The molecule has 0 aliphatic carbocycles. The molecule has 2 aromatic carbocycles. The molecule has 1 aromatic heterocycles. The Morgan fingerprint density at radius 1 is 1.24 bits per heavy atom. The maximum Gasteiger partial charge on any atom is 0.321 e. The fourth-order valence-electron chi connectivity index (χ4n) is 2.61. The van der Waals surface area contributed by atoms with Crippen LogP contribution in [0, 0.1) is 13.8 Å². The van der Waals surface area contributed by atoms with Crippen LogP contribution in [0.2, 0.25) is 0 Å². The number of anilines is 1. The molecule has 0 saturated heterocycles. The Labute approximate surface area is 178 Å². The standard InChI is InChI=1S/C21H23BrN4O3/c1-14-5-4-6-17(11-14)28-13-20-24-19(25-29-20)9-10-26(3)21(27)23-16-7-8-18(22)15(2)12-16/h4-8,11-12H,9-10,13H2,1-3H3,(H,23,27). The van der Waals surface area contributed by atoms with Crippen LogP contribution in [0.5, 0.6) is 5.75 Å². The number of likely N-dealkylation sites (N-methyl/N-ethyl adjacent to an activating group) is 1. The highest BCUT2D eigenvalue weighted by molar-refractivity contribution is 9.10. The first kappa shape index (κ1) is 20.9. The molecule has 152 valence electrons. The predicted octanol–water partition coefficient (Wildman–Crippen LogP) is 4.73. The van der Waals surface area contributed by atoms with Crippen LogP contribution in [0.25, 0.3) is 0 Å². The fraction of sp³-hybridized carbons (Fsp3) is 0.286. The van der Waals surface area contributed by atoms with E-state index in [2.05, 4.69) is 31.4 Å². The molecule has 0 radical (unpaired) electrons. The summed E-state index contributed by atoms with van der Waals surface area (Å²) in [6, 6.07) is 13.2. The van der Waals surface area contributed by atoms with Crippen molar-refractivity contribution in [3.63, 3.8) is 0 Å². The number of nitrogens with one attached hydrogen (secondary N) is 1. The van der Waals surface area contributed by atoms with Gasteiger partial charge in [0.2, 0.25) is 0 Å². The molecule has 8 heteroatoms. The van der Waals surface area contributed by atoms with Gasteiger partial charge in [0.25, 0.3) is 5.89 Å². The van der Waals surface area contributed by atoms with Crippen LogP contribution in [0.4, 0.5) is 10.5 Å². The molecule has 29 heavy (non-hydrogen) atoms. The number of benzene rings is 2. The zero-order chi connectivity index (χ0) is 20.8. The van der Waals surface area contributed by atoms with Gasteiger partial charge in [0.1, 0.15) is 5.75 Å². The molecule has 0 bridgehead atoms. The van der Waals surface area contributed by atoms with Crippen molar-refractivity contribution in [2.45, 2.75) is 26.9 Å². The second-order valence-electron chi connectivity index (χ2n) is 6.78. The van der Waals surface area contributed by atoms with Crippen LogP contribution in [0.15, 0.2) is 51.5 Å². The molecule has 0 aliphatic heterocycles. The molecule has 3 aromatic rings. The summed E-state index contributed by atoms with van der Waals surface area (Å²) >= 11 is 3.45. The van der Waals surface area contributed by atoms with Crippen LogP contribution >= 0.6 is 15.9 Å². The van der Waals surface area contributed by atoms with Gasteiger partial charge in [-0.15, -0.1) is 0 Å². The summed E-state index contributed by atoms with van der Waals surface area (Å²) in [5.74, 6) is 1.69. The average molecular weight is 459 g/mol. The largest absolute Gasteiger partial charge is 0.484 e. The molecule has 1 N–H and O–H groups in total. The molecule has 2 amide bonds. The molecule has 0 aliphatic rings. The van der Waals surface area contributed by atoms with Crippen molar-refractivity contribution >= 4 is 27.6 Å². The van der Waals surface area contributed by atoms with Crippen LogP contribution in [-0.4, -0.2) is 34.7 Å². The van der Waals surface area contributed by atoms with E-state index in [-0.39, 0.29) is 12.6 Å². The maximum atomic E-state index is 12.3. The zero-order valence-corrected chi connectivity index (χ0v) is 18.2. The van der Waals surface area contributed by atoms with Crippen molar-refractivity contribution in [1.82, 2.24) is 15.0 Å². The van der Waals surface area contributed by atoms with Crippen LogP contribution in [0.3, 0.4) is 0 Å². The molecular formula is C21H23BrN4O3. The second-order valence-corrected chi connectivity index (χ2v) is 7.63. The number of carbonyl (C=O) groups is 1. The topological polar surface area (TPSA) is 80.5 Å². The third-order valence-corrected chi connectivity index (χ3v) is 5.18. The van der Waals surface area contributed by atoms with Gasteiger partial charge in [-0.25, -0.2) is 4.79 Å². The Kier molecular flexibility index (Phi) is 6.87. The SMILES string of the molecule is Cc1cccc(OCc2nc(CCN(C)C(=O)Nc3ccc(Br)c(C)c3)no2)c1. The van der Waals surface area contributed by atoms with Gasteiger partial charge in [-0.1, -0.05) is 33.2 Å². The number of urea groups is 1. The minimum atomic E-state index is -0.196. The van der Waals surface area contributed by atoms with E-state index in [1.807, 2.05) is 56.3 Å². The number of amides is 2. The number of ether oxygens (including phenoxy) is 1. The highest BCUT2D eigenvalue weighted by atomic mass is 79.9. The first-order chi connectivity index (χ1) is 13.9. The van der Waals surface area contributed by atoms with Gasteiger partial charge < -0.3 is 19.5 Å². The number of aryl methyl sites for hydroxylation is 2. The van der Waals surface area contributed by atoms with Crippen LogP contribution in [-0.2, 0) is 13.0 Å². The van der Waals surface area contributed by atoms with E-state index in [0.717, 1.165) is 27.0 Å². The minimum absolute atomic E-state index is 0.196. The van der Waals surface area contributed by atoms with Crippen molar-refractivity contribution in [1.29, 1.82) is 0 Å². The second kappa shape index (κ2) is 9.56. The molecule has 0 atom stereocenters. The Morgan fingerprint density at radius 2 is 2.07 bits per heavy atom. The maximum absolute atomic E-state index is 12.3. The van der Waals surface area contributed by atoms with Gasteiger partial charge in [0.05, 0.1) is 0 Å². The van der Waals surface area contributed by atoms with E-state index in [9.17, 15) is 4.79 Å². The van der Waals surface area contributed by atoms with E-state index in [0.29, 0.717) is 24.7 Å². The molecule has 0 fully saturated rings. The lowest BCUT2D eigenvalue weighted by Gasteiger charge is -2.17. The highest BCUT2D eigenvalue weighted by Gasteiger charge is 2.12. The first-order valence-electron chi connectivity index (χ1n) is 9.20. The van der Waals surface area contributed by atoms with Crippen LogP contribution < -0.4 is 10.1 Å². The molecule has 1 heterocycles. The predicted molar refractivity (Wildman–Crippen MR) is 114 cm³/mol. The number of carbonyl (C=O) groups excluding carboxylic acids is 1. The Balaban J connectivity index is 1.46. The number of hydrogen-bond donors (Lipinski definition) is 1. The van der Waals surface area contributed by atoms with E-state index in [4.69, 9.17) is 9.26 Å². The van der Waals surface area contributed by atoms with Gasteiger partial charge >= 0.3 is 6.03 Å². The monoisotopic (exact) mass is 458 g/mol. The van der Waals surface area contributed by atoms with Crippen molar-refractivity contribution in [3.05, 3.63) is 69.8 Å².